The quantitative estimate of drug-likeness (QED) is 0.733. The molecule has 0 unspecified atom stereocenters. The Morgan fingerprint density at radius 1 is 1.05 bits per heavy atom. The highest BCUT2D eigenvalue weighted by Gasteiger charge is 2.20. The molecule has 0 atom stereocenters. The Labute approximate surface area is 111 Å². The predicted octanol–water partition coefficient (Wildman–Crippen LogP) is 4.64. The van der Waals surface area contributed by atoms with Crippen LogP contribution in [0.4, 0.5) is 5.69 Å². The molecular formula is C17H13NO. The van der Waals surface area contributed by atoms with E-state index in [0.29, 0.717) is 0 Å². The van der Waals surface area contributed by atoms with Gasteiger partial charge in [-0.05, 0) is 30.2 Å². The Balaban J connectivity index is 1.98. The van der Waals surface area contributed by atoms with Crippen LogP contribution in [0.3, 0.4) is 0 Å². The number of nitrogens with one attached hydrogen (secondary N) is 1. The molecule has 4 rings (SSSR count). The normalized spacial score (nSPS) is 20.6. The van der Waals surface area contributed by atoms with Crippen LogP contribution in [0.5, 0.6) is 0 Å². The Bertz CT molecular complexity index is 772. The van der Waals surface area contributed by atoms with Gasteiger partial charge in [0.15, 0.2) is 5.76 Å². The Morgan fingerprint density at radius 2 is 2.00 bits per heavy atom. The molecule has 0 spiro atoms. The molecule has 1 N–H and O–H groups in total. The van der Waals surface area contributed by atoms with Crippen LogP contribution in [0.25, 0.3) is 16.5 Å². The summed E-state index contributed by atoms with van der Waals surface area (Å²) < 4.78 is 6.03. The second-order valence-corrected chi connectivity index (χ2v) is 4.71. The van der Waals surface area contributed by atoms with E-state index in [2.05, 4.69) is 41.8 Å². The molecule has 1 aromatic carbocycles. The van der Waals surface area contributed by atoms with Crippen LogP contribution in [-0.4, -0.2) is 0 Å². The van der Waals surface area contributed by atoms with Gasteiger partial charge in [0.05, 0.1) is 5.69 Å². The van der Waals surface area contributed by atoms with Crippen LogP contribution < -0.4 is 5.32 Å². The third-order valence-electron chi connectivity index (χ3n) is 3.55. The molecule has 2 aromatic rings. The molecule has 0 saturated heterocycles. The predicted molar refractivity (Wildman–Crippen MR) is 78.8 cm³/mol. The number of rotatable bonds is 0. The zero-order valence-electron chi connectivity index (χ0n) is 10.4. The van der Waals surface area contributed by atoms with Gasteiger partial charge in [0.25, 0.3) is 0 Å². The van der Waals surface area contributed by atoms with Gasteiger partial charge in [-0.3, -0.25) is 0 Å². The van der Waals surface area contributed by atoms with Crippen LogP contribution in [0, 0.1) is 0 Å². The van der Waals surface area contributed by atoms with Gasteiger partial charge >= 0.3 is 0 Å². The van der Waals surface area contributed by atoms with E-state index in [1.807, 2.05) is 24.4 Å². The van der Waals surface area contributed by atoms with Crippen molar-refractivity contribution in [1.82, 2.24) is 0 Å². The molecule has 0 amide bonds. The van der Waals surface area contributed by atoms with Crippen LogP contribution in [0.15, 0.2) is 70.8 Å². The summed E-state index contributed by atoms with van der Waals surface area (Å²) in [6, 6.07) is 8.13. The molecule has 92 valence electrons. The zero-order valence-corrected chi connectivity index (χ0v) is 10.4. The number of anilines is 1. The van der Waals surface area contributed by atoms with Crippen LogP contribution in [0.1, 0.15) is 12.2 Å². The highest BCUT2D eigenvalue weighted by molar-refractivity contribution is 6.01. The fourth-order valence-electron chi connectivity index (χ4n) is 2.63. The van der Waals surface area contributed by atoms with E-state index in [1.165, 1.54) is 11.1 Å². The molecular weight excluding hydrogens is 234 g/mol. The summed E-state index contributed by atoms with van der Waals surface area (Å²) in [5.41, 5.74) is 4.46. The standard InChI is InChI=1S/C17H13NO/c1-2-6-12(7-3-1)13-10-11-18-16-14-8-4-5-9-15(14)19-17(13)16/h1-6,8-11,18H,7H2/b13-12-. The van der Waals surface area contributed by atoms with E-state index in [0.717, 1.165) is 28.8 Å². The van der Waals surface area contributed by atoms with E-state index in [-0.39, 0.29) is 0 Å². The van der Waals surface area contributed by atoms with Crippen molar-refractivity contribution in [2.24, 2.45) is 0 Å². The molecule has 0 radical (unpaired) electrons. The lowest BCUT2D eigenvalue weighted by atomic mass is 9.97. The second-order valence-electron chi connectivity index (χ2n) is 4.71. The fourth-order valence-corrected chi connectivity index (χ4v) is 2.63. The molecule has 2 heterocycles. The third kappa shape index (κ3) is 1.57. The van der Waals surface area contributed by atoms with Gasteiger partial charge in [-0.25, -0.2) is 0 Å². The maximum absolute atomic E-state index is 6.03. The van der Waals surface area contributed by atoms with Gasteiger partial charge < -0.3 is 9.73 Å². The number of allylic oxidation sites excluding steroid dienone is 7. The first-order valence-electron chi connectivity index (χ1n) is 6.45. The largest absolute Gasteiger partial charge is 0.454 e. The van der Waals surface area contributed by atoms with Gasteiger partial charge in [0, 0.05) is 17.2 Å². The minimum Gasteiger partial charge on any atom is -0.454 e. The molecule has 19 heavy (non-hydrogen) atoms. The number of hydrogen-bond acceptors (Lipinski definition) is 2. The lowest BCUT2D eigenvalue weighted by Gasteiger charge is -2.13. The highest BCUT2D eigenvalue weighted by atomic mass is 16.3. The van der Waals surface area contributed by atoms with E-state index in [9.17, 15) is 0 Å². The molecule has 2 heteroatoms. The number of benzene rings is 1. The first-order valence-corrected chi connectivity index (χ1v) is 6.45. The van der Waals surface area contributed by atoms with Crippen molar-refractivity contribution in [3.05, 3.63) is 72.2 Å². The molecule has 0 bridgehead atoms. The van der Waals surface area contributed by atoms with Gasteiger partial charge in [-0.1, -0.05) is 36.4 Å². The highest BCUT2D eigenvalue weighted by Crippen LogP contribution is 2.40. The van der Waals surface area contributed by atoms with Crippen LogP contribution in [0.2, 0.25) is 0 Å². The van der Waals surface area contributed by atoms with Crippen LogP contribution >= 0.6 is 0 Å². The average Bonchev–Trinajstić information content (AvgIpc) is 2.87. The minimum absolute atomic E-state index is 0.928. The molecule has 2 aliphatic rings. The van der Waals surface area contributed by atoms with E-state index < -0.39 is 0 Å². The first kappa shape index (κ1) is 10.4. The molecule has 1 aromatic heterocycles. The number of furan rings is 1. The summed E-state index contributed by atoms with van der Waals surface area (Å²) >= 11 is 0. The SMILES string of the molecule is C1=CC/C(=C2/C=CNc3c2oc2ccccc32)C=C1. The summed E-state index contributed by atoms with van der Waals surface area (Å²) in [5.74, 6) is 0.943. The maximum atomic E-state index is 6.03. The molecule has 2 nitrogen and oxygen atoms in total. The lowest BCUT2D eigenvalue weighted by molar-refractivity contribution is 0.601. The molecule has 0 saturated carbocycles. The average molecular weight is 247 g/mol. The zero-order chi connectivity index (χ0) is 12.7. The van der Waals surface area contributed by atoms with Crippen molar-refractivity contribution >= 4 is 22.2 Å². The van der Waals surface area contributed by atoms with Gasteiger partial charge in [-0.2, -0.15) is 0 Å². The van der Waals surface area contributed by atoms with Crippen molar-refractivity contribution in [3.8, 4) is 0 Å². The minimum atomic E-state index is 0.928. The number of fused-ring (bicyclic) bond motifs is 3. The second kappa shape index (κ2) is 4.02. The maximum Gasteiger partial charge on any atom is 0.159 e. The van der Waals surface area contributed by atoms with Crippen molar-refractivity contribution in [2.45, 2.75) is 6.42 Å². The van der Waals surface area contributed by atoms with E-state index in [1.54, 1.807) is 0 Å². The molecule has 1 aliphatic carbocycles. The third-order valence-corrected chi connectivity index (χ3v) is 3.55. The fraction of sp³-hybridized carbons (Fsp3) is 0.0588. The number of para-hydroxylation sites is 1. The monoisotopic (exact) mass is 247 g/mol. The lowest BCUT2D eigenvalue weighted by Crippen LogP contribution is -1.99. The first-order chi connectivity index (χ1) is 9.43. The molecule has 0 fully saturated rings. The van der Waals surface area contributed by atoms with Crippen LogP contribution in [-0.2, 0) is 0 Å². The van der Waals surface area contributed by atoms with Gasteiger partial charge in [0.1, 0.15) is 5.58 Å². The Morgan fingerprint density at radius 3 is 2.89 bits per heavy atom. The summed E-state index contributed by atoms with van der Waals surface area (Å²) in [6.45, 7) is 0. The molecule has 1 aliphatic heterocycles. The summed E-state index contributed by atoms with van der Waals surface area (Å²) in [4.78, 5) is 0. The van der Waals surface area contributed by atoms with Gasteiger partial charge in [0.2, 0.25) is 0 Å². The smallest absolute Gasteiger partial charge is 0.159 e. The number of hydrogen-bond donors (Lipinski definition) is 1. The topological polar surface area (TPSA) is 25.2 Å². The van der Waals surface area contributed by atoms with Crippen molar-refractivity contribution in [3.63, 3.8) is 0 Å². The summed E-state index contributed by atoms with van der Waals surface area (Å²) in [7, 11) is 0. The van der Waals surface area contributed by atoms with E-state index >= 15 is 0 Å². The summed E-state index contributed by atoms with van der Waals surface area (Å²) in [6.07, 6.45) is 13.5. The van der Waals surface area contributed by atoms with Crippen molar-refractivity contribution in [1.29, 1.82) is 0 Å². The van der Waals surface area contributed by atoms with E-state index in [4.69, 9.17) is 4.42 Å². The Hall–Kier alpha value is -2.48. The summed E-state index contributed by atoms with van der Waals surface area (Å²) in [5, 5.41) is 4.44. The Kier molecular flexibility index (Phi) is 2.21. The van der Waals surface area contributed by atoms with Crippen molar-refractivity contribution in [2.75, 3.05) is 5.32 Å². The van der Waals surface area contributed by atoms with Gasteiger partial charge in [-0.15, -0.1) is 0 Å². The van der Waals surface area contributed by atoms with Crippen molar-refractivity contribution < 1.29 is 4.42 Å².